The fourth-order valence-electron chi connectivity index (χ4n) is 2.38. The number of thioether (sulfide) groups is 1. The lowest BCUT2D eigenvalue weighted by Crippen LogP contribution is -2.28. The Morgan fingerprint density at radius 3 is 2.70 bits per heavy atom. The van der Waals surface area contributed by atoms with Crippen LogP contribution in [0, 0.1) is 13.8 Å². The molecule has 2 aromatic rings. The van der Waals surface area contributed by atoms with E-state index in [0.29, 0.717) is 14.2 Å². The first-order valence-electron chi connectivity index (χ1n) is 7.06. The van der Waals surface area contributed by atoms with Crippen molar-refractivity contribution in [2.24, 2.45) is 0 Å². The summed E-state index contributed by atoms with van der Waals surface area (Å²) < 4.78 is 0.553. The van der Waals surface area contributed by atoms with Crippen LogP contribution in [0.1, 0.15) is 16.7 Å². The van der Waals surface area contributed by atoms with Gasteiger partial charge in [-0.1, -0.05) is 59.8 Å². The van der Waals surface area contributed by atoms with Crippen molar-refractivity contribution in [1.82, 2.24) is 0 Å². The van der Waals surface area contributed by atoms with E-state index in [1.807, 2.05) is 56.3 Å². The predicted molar refractivity (Wildman–Crippen MR) is 103 cm³/mol. The summed E-state index contributed by atoms with van der Waals surface area (Å²) in [5.74, 6) is -0.0892. The number of hydrogen-bond acceptors (Lipinski definition) is 3. The summed E-state index contributed by atoms with van der Waals surface area (Å²) in [7, 11) is 0. The van der Waals surface area contributed by atoms with E-state index in [9.17, 15) is 4.79 Å². The predicted octanol–water partition coefficient (Wildman–Crippen LogP) is 5.36. The number of carbonyl (C=O) groups excluding carboxylic acids is 1. The first kappa shape index (κ1) is 16.2. The molecule has 1 heterocycles. The van der Waals surface area contributed by atoms with Crippen molar-refractivity contribution in [1.29, 1.82) is 0 Å². The zero-order valence-corrected chi connectivity index (χ0v) is 15.1. The van der Waals surface area contributed by atoms with Gasteiger partial charge >= 0.3 is 0 Å². The van der Waals surface area contributed by atoms with Crippen molar-refractivity contribution in [3.8, 4) is 0 Å². The lowest BCUT2D eigenvalue weighted by molar-refractivity contribution is -0.113. The van der Waals surface area contributed by atoms with Crippen LogP contribution in [-0.4, -0.2) is 10.2 Å². The number of amides is 1. The lowest BCUT2D eigenvalue weighted by Gasteiger charge is -2.17. The third kappa shape index (κ3) is 3.34. The molecule has 1 fully saturated rings. The van der Waals surface area contributed by atoms with Crippen LogP contribution in [0.4, 0.5) is 5.69 Å². The molecule has 23 heavy (non-hydrogen) atoms. The molecule has 1 aliphatic rings. The number of carbonyl (C=O) groups is 1. The Labute approximate surface area is 150 Å². The molecule has 0 N–H and O–H groups in total. The second-order valence-corrected chi connectivity index (χ2v) is 7.47. The van der Waals surface area contributed by atoms with Gasteiger partial charge < -0.3 is 0 Å². The van der Waals surface area contributed by atoms with Crippen LogP contribution < -0.4 is 4.90 Å². The van der Waals surface area contributed by atoms with Gasteiger partial charge in [0.05, 0.1) is 10.6 Å². The van der Waals surface area contributed by atoms with Gasteiger partial charge in [-0.2, -0.15) is 0 Å². The van der Waals surface area contributed by atoms with E-state index < -0.39 is 0 Å². The molecule has 2 nitrogen and oxygen atoms in total. The molecule has 0 aromatic heterocycles. The van der Waals surface area contributed by atoms with Crippen LogP contribution in [0.5, 0.6) is 0 Å². The van der Waals surface area contributed by atoms with Crippen molar-refractivity contribution in [2.75, 3.05) is 4.90 Å². The number of rotatable bonds is 2. The van der Waals surface area contributed by atoms with Crippen molar-refractivity contribution < 1.29 is 4.79 Å². The Balaban J connectivity index is 1.99. The average Bonchev–Trinajstić information content (AvgIpc) is 2.76. The van der Waals surface area contributed by atoms with Crippen LogP contribution in [0.3, 0.4) is 0 Å². The molecule has 0 atom stereocenters. The lowest BCUT2D eigenvalue weighted by atomic mass is 10.1. The Hall–Kier alpha value is -1.62. The average molecular weight is 360 g/mol. The van der Waals surface area contributed by atoms with Gasteiger partial charge in [-0.15, -0.1) is 0 Å². The number of hydrogen-bond donors (Lipinski definition) is 0. The van der Waals surface area contributed by atoms with Crippen LogP contribution in [0.15, 0.2) is 47.4 Å². The number of aryl methyl sites for hydroxylation is 2. The third-order valence-corrected chi connectivity index (χ3v) is 5.08. The zero-order valence-electron chi connectivity index (χ0n) is 12.7. The van der Waals surface area contributed by atoms with E-state index in [2.05, 4.69) is 0 Å². The minimum atomic E-state index is -0.0892. The van der Waals surface area contributed by atoms with Crippen molar-refractivity contribution in [3.05, 3.63) is 69.1 Å². The molecule has 5 heteroatoms. The number of anilines is 1. The zero-order chi connectivity index (χ0) is 16.6. The molecule has 0 radical (unpaired) electrons. The van der Waals surface area contributed by atoms with E-state index in [-0.39, 0.29) is 5.91 Å². The quantitative estimate of drug-likeness (QED) is 0.531. The van der Waals surface area contributed by atoms with Gasteiger partial charge in [0.25, 0.3) is 5.91 Å². The van der Waals surface area contributed by atoms with Gasteiger partial charge in [0.15, 0.2) is 4.32 Å². The molecule has 2 aromatic carbocycles. The molecule has 1 aliphatic heterocycles. The van der Waals surface area contributed by atoms with Crippen LogP contribution in [0.25, 0.3) is 6.08 Å². The minimum absolute atomic E-state index is 0.0892. The van der Waals surface area contributed by atoms with E-state index in [4.69, 9.17) is 23.8 Å². The summed E-state index contributed by atoms with van der Waals surface area (Å²) in [4.78, 5) is 15.0. The summed E-state index contributed by atoms with van der Waals surface area (Å²) in [6, 6.07) is 13.4. The molecule has 1 amide bonds. The number of nitrogens with zero attached hydrogens (tertiary/aromatic N) is 1. The van der Waals surface area contributed by atoms with Gasteiger partial charge in [0, 0.05) is 5.02 Å². The van der Waals surface area contributed by atoms with Gasteiger partial charge in [0.1, 0.15) is 0 Å². The first-order chi connectivity index (χ1) is 11.0. The molecular weight excluding hydrogens is 346 g/mol. The topological polar surface area (TPSA) is 20.3 Å². The van der Waals surface area contributed by atoms with E-state index in [1.54, 1.807) is 11.0 Å². The number of halogens is 1. The second kappa shape index (κ2) is 6.48. The minimum Gasteiger partial charge on any atom is -0.268 e. The summed E-state index contributed by atoms with van der Waals surface area (Å²) in [6.07, 6.45) is 1.83. The Bertz CT molecular complexity index is 845. The van der Waals surface area contributed by atoms with Crippen molar-refractivity contribution in [3.63, 3.8) is 0 Å². The number of thiocarbonyl (C=S) groups is 1. The molecule has 0 unspecified atom stereocenters. The fourth-order valence-corrected chi connectivity index (χ4v) is 3.87. The van der Waals surface area contributed by atoms with E-state index in [1.165, 1.54) is 11.8 Å². The Kier molecular flexibility index (Phi) is 4.57. The van der Waals surface area contributed by atoms with Crippen LogP contribution in [0.2, 0.25) is 5.02 Å². The van der Waals surface area contributed by atoms with Gasteiger partial charge in [-0.05, 0) is 54.8 Å². The maximum atomic E-state index is 12.8. The van der Waals surface area contributed by atoms with Gasteiger partial charge in [-0.3, -0.25) is 9.69 Å². The molecule has 0 saturated carbocycles. The summed E-state index contributed by atoms with van der Waals surface area (Å²) in [6.45, 7) is 3.98. The molecule has 0 aliphatic carbocycles. The highest BCUT2D eigenvalue weighted by molar-refractivity contribution is 8.27. The van der Waals surface area contributed by atoms with Crippen LogP contribution in [-0.2, 0) is 4.79 Å². The van der Waals surface area contributed by atoms with Gasteiger partial charge in [-0.25, -0.2) is 0 Å². The third-order valence-electron chi connectivity index (χ3n) is 3.55. The highest BCUT2D eigenvalue weighted by Crippen LogP contribution is 2.37. The van der Waals surface area contributed by atoms with Crippen LogP contribution >= 0.6 is 35.6 Å². The monoisotopic (exact) mass is 359 g/mol. The summed E-state index contributed by atoms with van der Waals surface area (Å²) in [5.41, 5.74) is 3.86. The Morgan fingerprint density at radius 1 is 1.17 bits per heavy atom. The summed E-state index contributed by atoms with van der Waals surface area (Å²) in [5, 5.41) is 0.642. The van der Waals surface area contributed by atoms with Crippen molar-refractivity contribution >= 4 is 57.6 Å². The molecule has 116 valence electrons. The fraction of sp³-hybridized carbons (Fsp3) is 0.111. The molecular formula is C18H14ClNOS2. The molecule has 0 spiro atoms. The highest BCUT2D eigenvalue weighted by atomic mass is 35.5. The van der Waals surface area contributed by atoms with Crippen molar-refractivity contribution in [2.45, 2.75) is 13.8 Å². The van der Waals surface area contributed by atoms with Gasteiger partial charge in [0.2, 0.25) is 0 Å². The SMILES string of the molecule is Cc1ccc(C)c(N2C(=O)/C(=C/c3cccc(Cl)c3)SC2=S)c1. The highest BCUT2D eigenvalue weighted by Gasteiger charge is 2.34. The number of benzene rings is 2. The Morgan fingerprint density at radius 2 is 1.96 bits per heavy atom. The second-order valence-electron chi connectivity index (χ2n) is 5.36. The molecule has 0 bridgehead atoms. The largest absolute Gasteiger partial charge is 0.270 e. The van der Waals surface area contributed by atoms with E-state index >= 15 is 0 Å². The normalized spacial score (nSPS) is 16.5. The first-order valence-corrected chi connectivity index (χ1v) is 8.67. The maximum absolute atomic E-state index is 12.8. The standard InChI is InChI=1S/C18H14ClNOS2/c1-11-6-7-12(2)15(8-11)20-17(21)16(23-18(20)22)10-13-4-3-5-14(19)9-13/h3-10H,1-2H3/b16-10-. The smallest absolute Gasteiger partial charge is 0.268 e. The van der Waals surface area contributed by atoms with E-state index in [0.717, 1.165) is 22.4 Å². The molecule has 1 saturated heterocycles. The molecule has 3 rings (SSSR count). The summed E-state index contributed by atoms with van der Waals surface area (Å²) >= 11 is 12.7. The maximum Gasteiger partial charge on any atom is 0.270 e.